The van der Waals surface area contributed by atoms with Gasteiger partial charge in [-0.25, -0.2) is 14.0 Å². The van der Waals surface area contributed by atoms with Gasteiger partial charge in [0.25, 0.3) is 0 Å². The topological polar surface area (TPSA) is 101 Å². The number of carbonyl (C=O) groups is 2. The maximum atomic E-state index is 15.1. The molecule has 3 aliphatic rings. The van der Waals surface area contributed by atoms with Gasteiger partial charge in [-0.2, -0.15) is 0 Å². The lowest BCUT2D eigenvalue weighted by molar-refractivity contribution is 0.0523. The summed E-state index contributed by atoms with van der Waals surface area (Å²) in [5, 5.41) is 12.3. The van der Waals surface area contributed by atoms with Crippen molar-refractivity contribution in [2.24, 2.45) is 17.8 Å². The van der Waals surface area contributed by atoms with Crippen LogP contribution >= 0.6 is 0 Å². The van der Waals surface area contributed by atoms with E-state index in [2.05, 4.69) is 5.32 Å². The number of alkyl carbamates (subject to hydrolysis) is 1. The van der Waals surface area contributed by atoms with Gasteiger partial charge < -0.3 is 24.6 Å². The molecule has 8 nitrogen and oxygen atoms in total. The van der Waals surface area contributed by atoms with Crippen LogP contribution in [-0.4, -0.2) is 47.0 Å². The zero-order valence-corrected chi connectivity index (χ0v) is 18.9. The Balaban J connectivity index is 1.33. The van der Waals surface area contributed by atoms with E-state index < -0.39 is 28.9 Å². The Hall–Kier alpha value is -3.10. The summed E-state index contributed by atoms with van der Waals surface area (Å²) in [7, 11) is 0. The number of aromatic carboxylic acids is 1. The third-order valence-corrected chi connectivity index (χ3v) is 6.86. The quantitative estimate of drug-likeness (QED) is 0.714. The standard InChI is InChI=1S/C24H28FN3O5/c1-24(2,3)33-23(32)26-8-14-15-9-27(10-16(14)15)20-7-19-13(6-18(20)25)21(29)17(22(30)31)11-28(19)12-4-5-12/h6-7,11-12,14-16H,4-5,8-10H2,1-3H3,(H,26,32)(H,30,31)/t14-,15-,16+. The molecule has 2 N–H and O–H groups in total. The summed E-state index contributed by atoms with van der Waals surface area (Å²) in [6.07, 6.45) is 2.78. The van der Waals surface area contributed by atoms with E-state index in [1.165, 1.54) is 12.3 Å². The van der Waals surface area contributed by atoms with Crippen LogP contribution in [0.4, 0.5) is 14.9 Å². The van der Waals surface area contributed by atoms with Crippen molar-refractivity contribution in [3.05, 3.63) is 39.9 Å². The molecule has 9 heteroatoms. The number of amides is 1. The first kappa shape index (κ1) is 21.7. The number of benzene rings is 1. The van der Waals surface area contributed by atoms with Gasteiger partial charge in [0.2, 0.25) is 5.43 Å². The van der Waals surface area contributed by atoms with Gasteiger partial charge in [0.1, 0.15) is 17.0 Å². The lowest BCUT2D eigenvalue weighted by Crippen LogP contribution is -2.35. The second kappa shape index (κ2) is 7.46. The average Bonchev–Trinajstić information content (AvgIpc) is 3.62. The first-order chi connectivity index (χ1) is 15.5. The molecule has 1 aromatic heterocycles. The van der Waals surface area contributed by atoms with E-state index in [0.29, 0.717) is 48.6 Å². The largest absolute Gasteiger partial charge is 0.477 e. The molecule has 5 rings (SSSR count). The average molecular weight is 458 g/mol. The molecule has 33 heavy (non-hydrogen) atoms. The minimum Gasteiger partial charge on any atom is -0.477 e. The maximum absolute atomic E-state index is 15.1. The molecule has 3 fully saturated rings. The highest BCUT2D eigenvalue weighted by Crippen LogP contribution is 2.52. The van der Waals surface area contributed by atoms with E-state index in [1.807, 2.05) is 30.2 Å². The summed E-state index contributed by atoms with van der Waals surface area (Å²) in [6.45, 7) is 7.35. The number of anilines is 1. The van der Waals surface area contributed by atoms with Crippen LogP contribution in [0.25, 0.3) is 10.9 Å². The number of nitrogens with zero attached hydrogens (tertiary/aromatic N) is 2. The predicted octanol–water partition coefficient (Wildman–Crippen LogP) is 3.38. The Kier molecular flexibility index (Phi) is 4.91. The summed E-state index contributed by atoms with van der Waals surface area (Å²) in [6, 6.07) is 3.01. The SMILES string of the molecule is CC(C)(C)OC(=O)NC[C@@H]1[C@H]2CN(c3cc4c(cc3F)c(=O)c(C(=O)O)cn4C3CC3)C[C@@H]12. The molecular weight excluding hydrogens is 429 g/mol. The molecule has 0 bridgehead atoms. The van der Waals surface area contributed by atoms with Gasteiger partial charge in [0.05, 0.1) is 11.2 Å². The summed E-state index contributed by atoms with van der Waals surface area (Å²) >= 11 is 0. The van der Waals surface area contributed by atoms with Gasteiger partial charge in [-0.05, 0) is 63.5 Å². The normalized spacial score (nSPS) is 24.0. The number of piperidine rings is 1. The van der Waals surface area contributed by atoms with Crippen LogP contribution < -0.4 is 15.6 Å². The van der Waals surface area contributed by atoms with E-state index >= 15 is 4.39 Å². The predicted molar refractivity (Wildman–Crippen MR) is 120 cm³/mol. The molecule has 2 aliphatic carbocycles. The van der Waals surface area contributed by atoms with Crippen LogP contribution in [-0.2, 0) is 4.74 Å². The lowest BCUT2D eigenvalue weighted by atomic mass is 10.1. The van der Waals surface area contributed by atoms with Crippen molar-refractivity contribution in [3.63, 3.8) is 0 Å². The monoisotopic (exact) mass is 457 g/mol. The Labute approximate surface area is 190 Å². The summed E-state index contributed by atoms with van der Waals surface area (Å²) in [5.74, 6) is -0.731. The molecule has 1 amide bonds. The highest BCUT2D eigenvalue weighted by molar-refractivity contribution is 5.93. The molecule has 1 aliphatic heterocycles. The number of carboxylic acid groups (broad SMARTS) is 1. The van der Waals surface area contributed by atoms with E-state index in [9.17, 15) is 19.5 Å². The Morgan fingerprint density at radius 3 is 2.45 bits per heavy atom. The molecule has 0 radical (unpaired) electrons. The molecule has 3 atom stereocenters. The highest BCUT2D eigenvalue weighted by atomic mass is 19.1. The van der Waals surface area contributed by atoms with Gasteiger partial charge in [-0.15, -0.1) is 0 Å². The first-order valence-electron chi connectivity index (χ1n) is 11.4. The van der Waals surface area contributed by atoms with Crippen molar-refractivity contribution in [1.82, 2.24) is 9.88 Å². The van der Waals surface area contributed by atoms with Crippen LogP contribution in [0.2, 0.25) is 0 Å². The van der Waals surface area contributed by atoms with Crippen LogP contribution in [0.5, 0.6) is 0 Å². The summed E-state index contributed by atoms with van der Waals surface area (Å²) in [5.41, 5.74) is -0.514. The third kappa shape index (κ3) is 4.05. The molecule has 0 unspecified atom stereocenters. The second-order valence-electron chi connectivity index (χ2n) is 10.4. The van der Waals surface area contributed by atoms with Crippen molar-refractivity contribution in [2.45, 2.75) is 45.3 Å². The zero-order valence-electron chi connectivity index (χ0n) is 18.9. The van der Waals surface area contributed by atoms with Gasteiger partial charge in [0.15, 0.2) is 0 Å². The number of ether oxygens (including phenoxy) is 1. The van der Waals surface area contributed by atoms with Crippen LogP contribution in [0.15, 0.2) is 23.1 Å². The van der Waals surface area contributed by atoms with Gasteiger partial charge >= 0.3 is 12.1 Å². The molecular formula is C24H28FN3O5. The van der Waals surface area contributed by atoms with Crippen LogP contribution in [0.3, 0.4) is 0 Å². The molecule has 1 saturated heterocycles. The fourth-order valence-corrected chi connectivity index (χ4v) is 5.07. The smallest absolute Gasteiger partial charge is 0.407 e. The first-order valence-corrected chi connectivity index (χ1v) is 11.4. The number of aromatic nitrogens is 1. The van der Waals surface area contributed by atoms with Crippen molar-refractivity contribution in [2.75, 3.05) is 24.5 Å². The number of hydrogen-bond donors (Lipinski definition) is 2. The zero-order chi connectivity index (χ0) is 23.7. The number of nitrogens with one attached hydrogen (secondary N) is 1. The van der Waals surface area contributed by atoms with E-state index in [-0.39, 0.29) is 17.0 Å². The number of fused-ring (bicyclic) bond motifs is 2. The number of hydrogen-bond acceptors (Lipinski definition) is 5. The highest BCUT2D eigenvalue weighted by Gasteiger charge is 2.55. The number of halogens is 1. The van der Waals surface area contributed by atoms with Gasteiger partial charge in [0, 0.05) is 37.3 Å². The molecule has 2 heterocycles. The molecule has 0 spiro atoms. The van der Waals surface area contributed by atoms with Gasteiger partial charge in [-0.3, -0.25) is 4.79 Å². The maximum Gasteiger partial charge on any atom is 0.407 e. The number of carboxylic acids is 1. The Bertz CT molecular complexity index is 1200. The van der Waals surface area contributed by atoms with Crippen molar-refractivity contribution >= 4 is 28.7 Å². The molecule has 176 valence electrons. The van der Waals surface area contributed by atoms with E-state index in [4.69, 9.17) is 4.74 Å². The Morgan fingerprint density at radius 1 is 1.21 bits per heavy atom. The van der Waals surface area contributed by atoms with E-state index in [1.54, 1.807) is 6.07 Å². The Morgan fingerprint density at radius 2 is 1.88 bits per heavy atom. The molecule has 1 aromatic carbocycles. The number of pyridine rings is 1. The van der Waals surface area contributed by atoms with Crippen LogP contribution in [0, 0.1) is 23.6 Å². The summed E-state index contributed by atoms with van der Waals surface area (Å²) in [4.78, 5) is 38.0. The minimum atomic E-state index is -1.30. The van der Waals surface area contributed by atoms with Crippen molar-refractivity contribution < 1.29 is 23.8 Å². The molecule has 2 aromatic rings. The summed E-state index contributed by atoms with van der Waals surface area (Å²) < 4.78 is 22.2. The fraction of sp³-hybridized carbons (Fsp3) is 0.542. The second-order valence-corrected chi connectivity index (χ2v) is 10.4. The number of rotatable bonds is 5. The van der Waals surface area contributed by atoms with E-state index in [0.717, 1.165) is 12.8 Å². The number of carbonyl (C=O) groups excluding carboxylic acids is 1. The lowest BCUT2D eigenvalue weighted by Gasteiger charge is -2.24. The fourth-order valence-electron chi connectivity index (χ4n) is 5.07. The van der Waals surface area contributed by atoms with Crippen LogP contribution in [0.1, 0.15) is 50.0 Å². The van der Waals surface area contributed by atoms with Crippen molar-refractivity contribution in [1.29, 1.82) is 0 Å². The third-order valence-electron chi connectivity index (χ3n) is 6.86. The minimum absolute atomic E-state index is 0.104. The van der Waals surface area contributed by atoms with Crippen molar-refractivity contribution in [3.8, 4) is 0 Å². The van der Waals surface area contributed by atoms with Gasteiger partial charge in [-0.1, -0.05) is 0 Å². The molecule has 2 saturated carbocycles.